The molecule has 2 atom stereocenters. The third-order valence-corrected chi connectivity index (χ3v) is 3.93. The maximum absolute atomic E-state index is 12.1. The van der Waals surface area contributed by atoms with Crippen LogP contribution < -0.4 is 10.6 Å². The van der Waals surface area contributed by atoms with Gasteiger partial charge in [0, 0.05) is 23.7 Å². The quantitative estimate of drug-likeness (QED) is 0.789. The molecule has 2 unspecified atom stereocenters. The van der Waals surface area contributed by atoms with Gasteiger partial charge < -0.3 is 10.6 Å². The summed E-state index contributed by atoms with van der Waals surface area (Å²) in [5, 5.41) is 13.5. The minimum Gasteiger partial charge on any atom is -0.346 e. The maximum atomic E-state index is 12.1. The number of H-pyrrole nitrogens is 1. The van der Waals surface area contributed by atoms with Crippen molar-refractivity contribution in [3.05, 3.63) is 17.5 Å². The van der Waals surface area contributed by atoms with Crippen molar-refractivity contribution in [2.45, 2.75) is 50.6 Å². The van der Waals surface area contributed by atoms with Crippen LogP contribution in [0, 0.1) is 0 Å². The van der Waals surface area contributed by atoms with Gasteiger partial charge in [0.1, 0.15) is 5.69 Å². The minimum absolute atomic E-state index is 0. The van der Waals surface area contributed by atoms with Gasteiger partial charge in [0.25, 0.3) is 5.91 Å². The largest absolute Gasteiger partial charge is 0.346 e. The molecule has 1 aliphatic carbocycles. The number of rotatable bonds is 3. The molecule has 2 aliphatic rings. The van der Waals surface area contributed by atoms with Gasteiger partial charge in [-0.2, -0.15) is 5.10 Å². The number of nitrogens with one attached hydrogen (secondary N) is 3. The van der Waals surface area contributed by atoms with Gasteiger partial charge in [-0.3, -0.25) is 9.89 Å². The van der Waals surface area contributed by atoms with Crippen molar-refractivity contribution in [2.24, 2.45) is 0 Å². The van der Waals surface area contributed by atoms with E-state index >= 15 is 0 Å². The summed E-state index contributed by atoms with van der Waals surface area (Å²) in [5.74, 6) is 0.549. The van der Waals surface area contributed by atoms with E-state index in [0.717, 1.165) is 25.1 Å². The van der Waals surface area contributed by atoms with Crippen molar-refractivity contribution < 1.29 is 4.79 Å². The third-order valence-electron chi connectivity index (χ3n) is 3.93. The molecule has 1 saturated carbocycles. The van der Waals surface area contributed by atoms with Gasteiger partial charge in [-0.15, -0.1) is 12.4 Å². The summed E-state index contributed by atoms with van der Waals surface area (Å²) in [6.07, 6.45) is 4.59. The first-order chi connectivity index (χ1) is 8.74. The minimum atomic E-state index is -0.0568. The highest BCUT2D eigenvalue weighted by Gasteiger charge is 2.28. The SMILES string of the molecule is CC1NCCCC1NC(=O)c1cc(C2CC2)[nH]n1.Cl. The molecule has 0 aromatic carbocycles. The molecule has 106 valence electrons. The normalized spacial score (nSPS) is 26.6. The highest BCUT2D eigenvalue weighted by Crippen LogP contribution is 2.38. The molecule has 0 spiro atoms. The molecule has 2 heterocycles. The van der Waals surface area contributed by atoms with E-state index in [1.165, 1.54) is 12.8 Å². The second-order valence-electron chi connectivity index (χ2n) is 5.45. The average Bonchev–Trinajstić information content (AvgIpc) is 3.10. The molecule has 2 fully saturated rings. The molecular formula is C13H21ClN4O. The van der Waals surface area contributed by atoms with Crippen LogP contribution in [-0.4, -0.2) is 34.7 Å². The molecule has 0 radical (unpaired) electrons. The van der Waals surface area contributed by atoms with E-state index in [4.69, 9.17) is 0 Å². The van der Waals surface area contributed by atoms with Crippen LogP contribution >= 0.6 is 12.4 Å². The van der Waals surface area contributed by atoms with E-state index in [0.29, 0.717) is 17.7 Å². The molecule has 6 heteroatoms. The highest BCUT2D eigenvalue weighted by molar-refractivity contribution is 5.92. The van der Waals surface area contributed by atoms with Crippen molar-refractivity contribution >= 4 is 18.3 Å². The van der Waals surface area contributed by atoms with Crippen molar-refractivity contribution in [3.63, 3.8) is 0 Å². The summed E-state index contributed by atoms with van der Waals surface area (Å²) < 4.78 is 0. The standard InChI is InChI=1S/C13H20N4O.ClH/c1-8-10(3-2-6-14-8)15-13(18)12-7-11(16-17-12)9-4-5-9;/h7-10,14H,2-6H2,1H3,(H,15,18)(H,16,17);1H. The lowest BCUT2D eigenvalue weighted by Crippen LogP contribution is -2.51. The number of hydrogen-bond donors (Lipinski definition) is 3. The van der Waals surface area contributed by atoms with Crippen LogP contribution in [0.1, 0.15) is 54.7 Å². The molecule has 1 saturated heterocycles. The summed E-state index contributed by atoms with van der Waals surface area (Å²) in [6, 6.07) is 2.45. The second-order valence-corrected chi connectivity index (χ2v) is 5.45. The number of carbonyl (C=O) groups is 1. The van der Waals surface area contributed by atoms with Gasteiger partial charge in [-0.05, 0) is 45.2 Å². The molecule has 5 nitrogen and oxygen atoms in total. The van der Waals surface area contributed by atoms with E-state index in [1.807, 2.05) is 6.07 Å². The number of halogens is 1. The lowest BCUT2D eigenvalue weighted by atomic mass is 10.00. The molecular weight excluding hydrogens is 264 g/mol. The van der Waals surface area contributed by atoms with Crippen LogP contribution in [0.3, 0.4) is 0 Å². The van der Waals surface area contributed by atoms with Crippen LogP contribution in [0.15, 0.2) is 6.07 Å². The second kappa shape index (κ2) is 5.92. The number of aromatic amines is 1. The first-order valence-corrected chi connectivity index (χ1v) is 6.83. The molecule has 1 aromatic heterocycles. The van der Waals surface area contributed by atoms with Crippen molar-refractivity contribution in [3.8, 4) is 0 Å². The number of aromatic nitrogens is 2. The van der Waals surface area contributed by atoms with Crippen LogP contribution in [-0.2, 0) is 0 Å². The molecule has 19 heavy (non-hydrogen) atoms. The first kappa shape index (κ1) is 14.3. The van der Waals surface area contributed by atoms with Gasteiger partial charge in [0.15, 0.2) is 0 Å². The predicted molar refractivity (Wildman–Crippen MR) is 75.8 cm³/mol. The van der Waals surface area contributed by atoms with E-state index in [9.17, 15) is 4.79 Å². The van der Waals surface area contributed by atoms with E-state index in [1.54, 1.807) is 0 Å². The Morgan fingerprint density at radius 1 is 1.42 bits per heavy atom. The molecule has 0 bridgehead atoms. The summed E-state index contributed by atoms with van der Waals surface area (Å²) >= 11 is 0. The van der Waals surface area contributed by atoms with E-state index < -0.39 is 0 Å². The van der Waals surface area contributed by atoms with Gasteiger partial charge in [-0.1, -0.05) is 0 Å². The fraction of sp³-hybridized carbons (Fsp3) is 0.692. The number of hydrogen-bond acceptors (Lipinski definition) is 3. The lowest BCUT2D eigenvalue weighted by Gasteiger charge is -2.30. The maximum Gasteiger partial charge on any atom is 0.272 e. The fourth-order valence-corrected chi connectivity index (χ4v) is 2.54. The number of nitrogens with zero attached hydrogens (tertiary/aromatic N) is 1. The Morgan fingerprint density at radius 3 is 2.89 bits per heavy atom. The Bertz CT molecular complexity index is 444. The Kier molecular flexibility index (Phi) is 4.47. The number of amides is 1. The summed E-state index contributed by atoms with van der Waals surface area (Å²) in [4.78, 5) is 12.1. The number of piperidine rings is 1. The summed E-state index contributed by atoms with van der Waals surface area (Å²) in [7, 11) is 0. The third kappa shape index (κ3) is 3.28. The van der Waals surface area contributed by atoms with Crippen LogP contribution in [0.2, 0.25) is 0 Å². The fourth-order valence-electron chi connectivity index (χ4n) is 2.54. The Morgan fingerprint density at radius 2 is 2.21 bits per heavy atom. The zero-order valence-corrected chi connectivity index (χ0v) is 11.9. The summed E-state index contributed by atoms with van der Waals surface area (Å²) in [6.45, 7) is 3.16. The van der Waals surface area contributed by atoms with Gasteiger partial charge in [0.05, 0.1) is 0 Å². The molecule has 3 rings (SSSR count). The van der Waals surface area contributed by atoms with Crippen LogP contribution in [0.4, 0.5) is 0 Å². The number of carbonyl (C=O) groups excluding carboxylic acids is 1. The average molecular weight is 285 g/mol. The molecule has 1 amide bonds. The van der Waals surface area contributed by atoms with Crippen molar-refractivity contribution in [1.29, 1.82) is 0 Å². The molecule has 1 aliphatic heterocycles. The van der Waals surface area contributed by atoms with Crippen LogP contribution in [0.5, 0.6) is 0 Å². The Hall–Kier alpha value is -1.07. The topological polar surface area (TPSA) is 69.8 Å². The van der Waals surface area contributed by atoms with E-state index in [2.05, 4.69) is 27.8 Å². The molecule has 1 aromatic rings. The summed E-state index contributed by atoms with van der Waals surface area (Å²) in [5.41, 5.74) is 1.63. The predicted octanol–water partition coefficient (Wildman–Crippen LogP) is 1.58. The molecule has 3 N–H and O–H groups in total. The van der Waals surface area contributed by atoms with Crippen molar-refractivity contribution in [1.82, 2.24) is 20.8 Å². The van der Waals surface area contributed by atoms with E-state index in [-0.39, 0.29) is 24.4 Å². The van der Waals surface area contributed by atoms with Gasteiger partial charge >= 0.3 is 0 Å². The lowest BCUT2D eigenvalue weighted by molar-refractivity contribution is 0.0914. The zero-order valence-electron chi connectivity index (χ0n) is 11.1. The van der Waals surface area contributed by atoms with Crippen molar-refractivity contribution in [2.75, 3.05) is 6.54 Å². The Labute approximate surface area is 119 Å². The zero-order chi connectivity index (χ0) is 12.5. The Balaban J connectivity index is 0.00000133. The van der Waals surface area contributed by atoms with Crippen LogP contribution in [0.25, 0.3) is 0 Å². The highest BCUT2D eigenvalue weighted by atomic mass is 35.5. The smallest absolute Gasteiger partial charge is 0.272 e. The monoisotopic (exact) mass is 284 g/mol. The van der Waals surface area contributed by atoms with Gasteiger partial charge in [-0.25, -0.2) is 0 Å². The van der Waals surface area contributed by atoms with Gasteiger partial charge in [0.2, 0.25) is 0 Å². The first-order valence-electron chi connectivity index (χ1n) is 6.83.